The van der Waals surface area contributed by atoms with Gasteiger partial charge in [-0.05, 0) is 37.4 Å². The van der Waals surface area contributed by atoms with Crippen molar-refractivity contribution in [1.82, 2.24) is 14.8 Å². The molecule has 0 amide bonds. The van der Waals surface area contributed by atoms with E-state index in [1.54, 1.807) is 0 Å². The van der Waals surface area contributed by atoms with Crippen LogP contribution in [0.4, 0.5) is 5.69 Å². The molecular formula is C22H26Cl2N4O. The predicted molar refractivity (Wildman–Crippen MR) is 122 cm³/mol. The molecule has 0 atom stereocenters. The summed E-state index contributed by atoms with van der Waals surface area (Å²) in [6.45, 7) is 6.75. The number of nitrogens with zero attached hydrogens (tertiary/aromatic N) is 2. The standard InChI is InChI=1S/C22H26Cl2N4O/c1-27-6-8-28(9-7-27)10-11-29-22-5-3-2-4-20(22)25-15-17-12-16-13-18(23)19(24)14-21(16)26-17/h2-5,12-14,25-26H,6-11,15H2,1H3. The first-order valence-electron chi connectivity index (χ1n) is 9.92. The largest absolute Gasteiger partial charge is 0.490 e. The van der Waals surface area contributed by atoms with Gasteiger partial charge in [0.1, 0.15) is 12.4 Å². The molecule has 0 aliphatic carbocycles. The summed E-state index contributed by atoms with van der Waals surface area (Å²) in [6, 6.07) is 13.9. The van der Waals surface area contributed by atoms with E-state index in [2.05, 4.69) is 33.2 Å². The summed E-state index contributed by atoms with van der Waals surface area (Å²) in [5, 5.41) is 5.64. The van der Waals surface area contributed by atoms with Gasteiger partial charge in [0.25, 0.3) is 0 Å². The highest BCUT2D eigenvalue weighted by Crippen LogP contribution is 2.29. The smallest absolute Gasteiger partial charge is 0.142 e. The number of halogens is 2. The fourth-order valence-corrected chi connectivity index (χ4v) is 3.90. The predicted octanol–water partition coefficient (Wildman–Crippen LogP) is 4.71. The van der Waals surface area contributed by atoms with Crippen LogP contribution in [0.25, 0.3) is 10.9 Å². The quantitative estimate of drug-likeness (QED) is 0.566. The van der Waals surface area contributed by atoms with E-state index in [9.17, 15) is 0 Å². The van der Waals surface area contributed by atoms with Gasteiger partial charge in [-0.25, -0.2) is 0 Å². The van der Waals surface area contributed by atoms with Crippen LogP contribution in [0.5, 0.6) is 5.75 Å². The summed E-state index contributed by atoms with van der Waals surface area (Å²) < 4.78 is 6.08. The van der Waals surface area contributed by atoms with Gasteiger partial charge in [0.05, 0.1) is 22.3 Å². The second-order valence-corrected chi connectivity index (χ2v) is 8.31. The Bertz CT molecular complexity index is 928. The van der Waals surface area contributed by atoms with Crippen LogP contribution >= 0.6 is 23.2 Å². The number of piperazine rings is 1. The van der Waals surface area contributed by atoms with Crippen LogP contribution in [0.2, 0.25) is 10.0 Å². The molecule has 1 aliphatic heterocycles. The Morgan fingerprint density at radius 1 is 1.03 bits per heavy atom. The van der Waals surface area contributed by atoms with Crippen LogP contribution in [-0.4, -0.2) is 61.2 Å². The zero-order valence-corrected chi connectivity index (χ0v) is 18.1. The topological polar surface area (TPSA) is 43.5 Å². The third-order valence-corrected chi connectivity index (χ3v) is 6.06. The lowest BCUT2D eigenvalue weighted by Gasteiger charge is -2.32. The summed E-state index contributed by atoms with van der Waals surface area (Å²) in [7, 11) is 2.17. The van der Waals surface area contributed by atoms with E-state index in [1.165, 1.54) is 0 Å². The molecule has 2 heterocycles. The minimum absolute atomic E-state index is 0.555. The van der Waals surface area contributed by atoms with Crippen LogP contribution in [0.1, 0.15) is 5.69 Å². The Labute approximate surface area is 181 Å². The Morgan fingerprint density at radius 2 is 1.79 bits per heavy atom. The molecule has 5 nitrogen and oxygen atoms in total. The van der Waals surface area contributed by atoms with E-state index < -0.39 is 0 Å². The molecule has 0 radical (unpaired) electrons. The second kappa shape index (κ2) is 9.26. The van der Waals surface area contributed by atoms with Crippen molar-refractivity contribution < 1.29 is 4.74 Å². The fraction of sp³-hybridized carbons (Fsp3) is 0.364. The number of likely N-dealkylation sites (N-methyl/N-ethyl adjacent to an activating group) is 1. The zero-order chi connectivity index (χ0) is 20.2. The molecule has 2 N–H and O–H groups in total. The maximum Gasteiger partial charge on any atom is 0.142 e. The normalized spacial score (nSPS) is 15.7. The maximum absolute atomic E-state index is 6.12. The molecule has 29 heavy (non-hydrogen) atoms. The van der Waals surface area contributed by atoms with Crippen LogP contribution in [0, 0.1) is 0 Å². The molecule has 0 saturated carbocycles. The first-order valence-corrected chi connectivity index (χ1v) is 10.7. The first-order chi connectivity index (χ1) is 14.1. The molecule has 1 aliphatic rings. The Kier molecular flexibility index (Phi) is 6.50. The monoisotopic (exact) mass is 432 g/mol. The number of aromatic amines is 1. The third kappa shape index (κ3) is 5.17. The van der Waals surface area contributed by atoms with Crippen molar-refractivity contribution in [1.29, 1.82) is 0 Å². The van der Waals surface area contributed by atoms with E-state index in [0.29, 0.717) is 23.2 Å². The summed E-state index contributed by atoms with van der Waals surface area (Å²) in [5.74, 6) is 0.879. The molecule has 2 aromatic carbocycles. The van der Waals surface area contributed by atoms with Gasteiger partial charge in [-0.15, -0.1) is 0 Å². The van der Waals surface area contributed by atoms with E-state index in [0.717, 1.165) is 60.8 Å². The minimum Gasteiger partial charge on any atom is -0.490 e. The minimum atomic E-state index is 0.555. The lowest BCUT2D eigenvalue weighted by molar-refractivity contribution is 0.134. The van der Waals surface area contributed by atoms with Crippen LogP contribution in [0.3, 0.4) is 0 Å². The van der Waals surface area contributed by atoms with Gasteiger partial charge < -0.3 is 19.9 Å². The summed E-state index contributed by atoms with van der Waals surface area (Å²) >= 11 is 12.2. The van der Waals surface area contributed by atoms with Gasteiger partial charge in [0.2, 0.25) is 0 Å². The maximum atomic E-state index is 6.12. The molecule has 0 unspecified atom stereocenters. The molecular weight excluding hydrogens is 407 g/mol. The molecule has 1 aromatic heterocycles. The first kappa shape index (κ1) is 20.4. The van der Waals surface area contributed by atoms with E-state index in [4.69, 9.17) is 27.9 Å². The Balaban J connectivity index is 1.34. The second-order valence-electron chi connectivity index (χ2n) is 7.49. The number of anilines is 1. The summed E-state index contributed by atoms with van der Waals surface area (Å²) in [5.41, 5.74) is 3.03. The lowest BCUT2D eigenvalue weighted by Crippen LogP contribution is -2.45. The summed E-state index contributed by atoms with van der Waals surface area (Å²) in [4.78, 5) is 8.20. The van der Waals surface area contributed by atoms with Gasteiger partial charge >= 0.3 is 0 Å². The average molecular weight is 433 g/mol. The Morgan fingerprint density at radius 3 is 2.62 bits per heavy atom. The van der Waals surface area contributed by atoms with E-state index in [1.807, 2.05) is 36.4 Å². The number of H-pyrrole nitrogens is 1. The zero-order valence-electron chi connectivity index (χ0n) is 16.5. The van der Waals surface area contributed by atoms with Crippen molar-refractivity contribution in [3.8, 4) is 5.75 Å². The summed E-state index contributed by atoms with van der Waals surface area (Å²) in [6.07, 6.45) is 0. The number of hydrogen-bond acceptors (Lipinski definition) is 4. The van der Waals surface area contributed by atoms with Crippen molar-refractivity contribution in [3.05, 3.63) is 58.2 Å². The molecule has 4 rings (SSSR count). The number of benzene rings is 2. The van der Waals surface area contributed by atoms with Crippen molar-refractivity contribution in [2.75, 3.05) is 51.7 Å². The fourth-order valence-electron chi connectivity index (χ4n) is 3.57. The molecule has 0 bridgehead atoms. The molecule has 7 heteroatoms. The van der Waals surface area contributed by atoms with Crippen molar-refractivity contribution in [2.45, 2.75) is 6.54 Å². The van der Waals surface area contributed by atoms with Crippen molar-refractivity contribution in [3.63, 3.8) is 0 Å². The van der Waals surface area contributed by atoms with Crippen LogP contribution < -0.4 is 10.1 Å². The highest BCUT2D eigenvalue weighted by atomic mass is 35.5. The Hall–Kier alpha value is -1.92. The highest BCUT2D eigenvalue weighted by molar-refractivity contribution is 6.42. The van der Waals surface area contributed by atoms with Gasteiger partial charge in [0.15, 0.2) is 0 Å². The number of aromatic nitrogens is 1. The van der Waals surface area contributed by atoms with Crippen molar-refractivity contribution >= 4 is 39.8 Å². The van der Waals surface area contributed by atoms with Gasteiger partial charge in [-0.2, -0.15) is 0 Å². The number of hydrogen-bond donors (Lipinski definition) is 2. The number of fused-ring (bicyclic) bond motifs is 1. The van der Waals surface area contributed by atoms with Crippen molar-refractivity contribution in [2.24, 2.45) is 0 Å². The number of nitrogens with one attached hydrogen (secondary N) is 2. The van der Waals surface area contributed by atoms with Crippen LogP contribution in [-0.2, 0) is 6.54 Å². The van der Waals surface area contributed by atoms with E-state index >= 15 is 0 Å². The van der Waals surface area contributed by atoms with Gasteiger partial charge in [0, 0.05) is 49.3 Å². The molecule has 0 spiro atoms. The SMILES string of the molecule is CN1CCN(CCOc2ccccc2NCc2cc3cc(Cl)c(Cl)cc3[nH]2)CC1. The van der Waals surface area contributed by atoms with E-state index in [-0.39, 0.29) is 0 Å². The number of rotatable bonds is 7. The molecule has 1 fully saturated rings. The number of ether oxygens (including phenoxy) is 1. The molecule has 3 aromatic rings. The van der Waals surface area contributed by atoms with Gasteiger partial charge in [-0.3, -0.25) is 4.90 Å². The number of para-hydroxylation sites is 2. The average Bonchev–Trinajstić information content (AvgIpc) is 3.10. The van der Waals surface area contributed by atoms with Gasteiger partial charge in [-0.1, -0.05) is 35.3 Å². The van der Waals surface area contributed by atoms with Crippen LogP contribution in [0.15, 0.2) is 42.5 Å². The third-order valence-electron chi connectivity index (χ3n) is 5.33. The highest BCUT2D eigenvalue weighted by Gasteiger charge is 2.13. The molecule has 1 saturated heterocycles. The molecule has 154 valence electrons. The lowest BCUT2D eigenvalue weighted by atomic mass is 10.2.